The van der Waals surface area contributed by atoms with E-state index in [-0.39, 0.29) is 19.0 Å². The van der Waals surface area contributed by atoms with Gasteiger partial charge in [0.25, 0.3) is 0 Å². The molecule has 0 atom stereocenters. The van der Waals surface area contributed by atoms with E-state index in [0.717, 1.165) is 46.5 Å². The van der Waals surface area contributed by atoms with E-state index in [0.29, 0.717) is 12.3 Å². The molecule has 5 rings (SSSR count). The van der Waals surface area contributed by atoms with E-state index in [2.05, 4.69) is 10.3 Å². The molecular weight excluding hydrogens is 456 g/mol. The van der Waals surface area contributed by atoms with Crippen LogP contribution < -0.4 is 14.8 Å². The number of rotatable bonds is 7. The van der Waals surface area contributed by atoms with Gasteiger partial charge in [0.2, 0.25) is 6.79 Å². The molecular formula is C29H30N2O5. The molecule has 0 radical (unpaired) electrons. The van der Waals surface area contributed by atoms with E-state index in [1.165, 1.54) is 0 Å². The third kappa shape index (κ3) is 5.20. The first-order chi connectivity index (χ1) is 17.2. The van der Waals surface area contributed by atoms with E-state index in [4.69, 9.17) is 14.2 Å². The second-order valence-electron chi connectivity index (χ2n) is 10.3. The van der Waals surface area contributed by atoms with E-state index in [1.807, 2.05) is 75.4 Å². The number of hydrogen-bond acceptors (Lipinski definition) is 6. The summed E-state index contributed by atoms with van der Waals surface area (Å²) in [6, 6.07) is 17.6. The summed E-state index contributed by atoms with van der Waals surface area (Å²) >= 11 is 0. The fraction of sp³-hybridized carbons (Fsp3) is 0.345. The van der Waals surface area contributed by atoms with Crippen molar-refractivity contribution in [3.8, 4) is 22.6 Å². The standard InChI is InChI=1S/C29H30N2O5/c1-28(2,3)36-27(33)31-16-19-5-4-6-20(13-19)21-7-9-23(30-17-21)15-26(32)29(11-12-29)22-8-10-24-25(14-22)35-18-34-24/h4-10,13-14,17H,11-12,15-16,18H2,1-3H3,(H,31,33). The number of aromatic nitrogens is 1. The van der Waals surface area contributed by atoms with Crippen molar-refractivity contribution >= 4 is 11.9 Å². The molecule has 0 saturated heterocycles. The average Bonchev–Trinajstić information content (AvgIpc) is 3.53. The highest BCUT2D eigenvalue weighted by atomic mass is 16.7. The molecule has 0 unspecified atom stereocenters. The largest absolute Gasteiger partial charge is 0.454 e. The second kappa shape index (κ2) is 9.30. The minimum Gasteiger partial charge on any atom is -0.454 e. The van der Waals surface area contributed by atoms with Gasteiger partial charge >= 0.3 is 6.09 Å². The van der Waals surface area contributed by atoms with Crippen molar-refractivity contribution in [2.24, 2.45) is 0 Å². The molecule has 3 aromatic rings. The molecule has 2 aliphatic rings. The van der Waals surface area contributed by atoms with Crippen LogP contribution in [-0.2, 0) is 27.9 Å². The van der Waals surface area contributed by atoms with Crippen LogP contribution in [0.1, 0.15) is 50.4 Å². The molecule has 2 aromatic carbocycles. The van der Waals surface area contributed by atoms with E-state index in [1.54, 1.807) is 6.20 Å². The average molecular weight is 487 g/mol. The van der Waals surface area contributed by atoms with Gasteiger partial charge in [0.1, 0.15) is 11.4 Å². The third-order valence-corrected chi connectivity index (χ3v) is 6.47. The van der Waals surface area contributed by atoms with E-state index < -0.39 is 17.1 Å². The highest BCUT2D eigenvalue weighted by molar-refractivity contribution is 5.94. The number of amides is 1. The Labute approximate surface area is 210 Å². The third-order valence-electron chi connectivity index (χ3n) is 6.47. The lowest BCUT2D eigenvalue weighted by molar-refractivity contribution is -0.120. The van der Waals surface area contributed by atoms with Gasteiger partial charge in [-0.25, -0.2) is 4.79 Å². The number of benzene rings is 2. The van der Waals surface area contributed by atoms with E-state index in [9.17, 15) is 9.59 Å². The van der Waals surface area contributed by atoms with Crippen molar-refractivity contribution in [3.05, 3.63) is 77.6 Å². The monoisotopic (exact) mass is 486 g/mol. The fourth-order valence-corrected chi connectivity index (χ4v) is 4.43. The number of pyridine rings is 1. The van der Waals surface area contributed by atoms with Crippen LogP contribution in [0.3, 0.4) is 0 Å². The summed E-state index contributed by atoms with van der Waals surface area (Å²) in [5, 5.41) is 2.78. The van der Waals surface area contributed by atoms with Gasteiger partial charge in [-0.1, -0.05) is 30.3 Å². The highest BCUT2D eigenvalue weighted by Gasteiger charge is 2.50. The highest BCUT2D eigenvalue weighted by Crippen LogP contribution is 2.51. The Balaban J connectivity index is 1.22. The van der Waals surface area contributed by atoms with Gasteiger partial charge in [-0.05, 0) is 74.6 Å². The molecule has 0 bridgehead atoms. The molecule has 186 valence electrons. The summed E-state index contributed by atoms with van der Waals surface area (Å²) < 4.78 is 16.2. The Bertz CT molecular complexity index is 1290. The lowest BCUT2D eigenvalue weighted by Crippen LogP contribution is -2.32. The Hall–Kier alpha value is -3.87. The van der Waals surface area contributed by atoms with Crippen molar-refractivity contribution in [3.63, 3.8) is 0 Å². The maximum absolute atomic E-state index is 13.3. The van der Waals surface area contributed by atoms with Crippen LogP contribution in [0.15, 0.2) is 60.8 Å². The number of carbonyl (C=O) groups excluding carboxylic acids is 2. The normalized spacial score (nSPS) is 15.3. The van der Waals surface area contributed by atoms with Gasteiger partial charge in [-0.15, -0.1) is 0 Å². The predicted octanol–water partition coefficient (Wildman–Crippen LogP) is 5.35. The van der Waals surface area contributed by atoms with Crippen molar-refractivity contribution < 1.29 is 23.8 Å². The number of fused-ring (bicyclic) bond motifs is 1. The number of carbonyl (C=O) groups is 2. The number of nitrogens with one attached hydrogen (secondary N) is 1. The van der Waals surface area contributed by atoms with Crippen LogP contribution in [0.2, 0.25) is 0 Å². The number of alkyl carbamates (subject to hydrolysis) is 1. The van der Waals surface area contributed by atoms with Crippen LogP contribution in [0.4, 0.5) is 4.79 Å². The summed E-state index contributed by atoms with van der Waals surface area (Å²) in [4.78, 5) is 29.8. The van der Waals surface area contributed by atoms with Crippen LogP contribution in [0.25, 0.3) is 11.1 Å². The first kappa shape index (κ1) is 23.9. The first-order valence-corrected chi connectivity index (χ1v) is 12.2. The summed E-state index contributed by atoms with van der Waals surface area (Å²) in [6.45, 7) is 6.09. The molecule has 1 aliphatic carbocycles. The number of ketones is 1. The summed E-state index contributed by atoms with van der Waals surface area (Å²) in [5.74, 6) is 1.61. The number of hydrogen-bond donors (Lipinski definition) is 1. The van der Waals surface area contributed by atoms with Crippen LogP contribution in [-0.4, -0.2) is 29.3 Å². The molecule has 7 nitrogen and oxygen atoms in total. The molecule has 2 heterocycles. The maximum atomic E-state index is 13.3. The number of Topliss-reactive ketones (excluding diaryl/α,β-unsaturated/α-hetero) is 1. The summed E-state index contributed by atoms with van der Waals surface area (Å²) in [6.07, 6.45) is 3.32. The predicted molar refractivity (Wildman–Crippen MR) is 135 cm³/mol. The lowest BCUT2D eigenvalue weighted by atomic mass is 9.88. The number of nitrogens with zero attached hydrogens (tertiary/aromatic N) is 1. The van der Waals surface area contributed by atoms with Crippen molar-refractivity contribution in [1.82, 2.24) is 10.3 Å². The van der Waals surface area contributed by atoms with Gasteiger partial charge in [0, 0.05) is 30.4 Å². The van der Waals surface area contributed by atoms with Crippen LogP contribution >= 0.6 is 0 Å². The zero-order chi connectivity index (χ0) is 25.3. The van der Waals surface area contributed by atoms with Gasteiger partial charge in [-0.2, -0.15) is 0 Å². The van der Waals surface area contributed by atoms with Crippen molar-refractivity contribution in [2.75, 3.05) is 6.79 Å². The van der Waals surface area contributed by atoms with Crippen LogP contribution in [0.5, 0.6) is 11.5 Å². The Kier molecular flexibility index (Phi) is 6.16. The quantitative estimate of drug-likeness (QED) is 0.485. The minimum atomic E-state index is -0.537. The molecule has 1 N–H and O–H groups in total. The molecule has 1 aromatic heterocycles. The molecule has 1 fully saturated rings. The summed E-state index contributed by atoms with van der Waals surface area (Å²) in [7, 11) is 0. The zero-order valence-electron chi connectivity index (χ0n) is 20.8. The molecule has 1 aliphatic heterocycles. The molecule has 1 saturated carbocycles. The minimum absolute atomic E-state index is 0.178. The topological polar surface area (TPSA) is 86.8 Å². The van der Waals surface area contributed by atoms with Crippen molar-refractivity contribution in [2.45, 2.75) is 57.6 Å². The van der Waals surface area contributed by atoms with Crippen LogP contribution in [0, 0.1) is 0 Å². The molecule has 1 amide bonds. The molecule has 7 heteroatoms. The van der Waals surface area contributed by atoms with Gasteiger partial charge in [0.15, 0.2) is 11.5 Å². The summed E-state index contributed by atoms with van der Waals surface area (Å²) in [5.41, 5.74) is 3.65. The Morgan fingerprint density at radius 3 is 2.53 bits per heavy atom. The van der Waals surface area contributed by atoms with Gasteiger partial charge < -0.3 is 19.5 Å². The fourth-order valence-electron chi connectivity index (χ4n) is 4.43. The van der Waals surface area contributed by atoms with E-state index >= 15 is 0 Å². The second-order valence-corrected chi connectivity index (χ2v) is 10.3. The Morgan fingerprint density at radius 2 is 1.81 bits per heavy atom. The molecule has 0 spiro atoms. The van der Waals surface area contributed by atoms with Gasteiger partial charge in [-0.3, -0.25) is 9.78 Å². The SMILES string of the molecule is CC(C)(C)OC(=O)NCc1cccc(-c2ccc(CC(=O)C3(c4ccc5c(c4)OCO5)CC3)nc2)c1. The maximum Gasteiger partial charge on any atom is 0.407 e. The number of ether oxygens (including phenoxy) is 3. The smallest absolute Gasteiger partial charge is 0.407 e. The Morgan fingerprint density at radius 1 is 1.00 bits per heavy atom. The van der Waals surface area contributed by atoms with Gasteiger partial charge in [0.05, 0.1) is 5.41 Å². The zero-order valence-corrected chi connectivity index (χ0v) is 20.8. The lowest BCUT2D eigenvalue weighted by Gasteiger charge is -2.19. The molecule has 36 heavy (non-hydrogen) atoms. The first-order valence-electron chi connectivity index (χ1n) is 12.2. The van der Waals surface area contributed by atoms with Crippen molar-refractivity contribution in [1.29, 1.82) is 0 Å².